The third-order valence-corrected chi connectivity index (χ3v) is 5.00. The van der Waals surface area contributed by atoms with Gasteiger partial charge in [-0.2, -0.15) is 0 Å². The van der Waals surface area contributed by atoms with E-state index in [4.69, 9.17) is 11.6 Å². The molecular formula is C16H18ClN3O3S. The number of amides is 1. The molecule has 0 atom stereocenters. The molecule has 0 aliphatic heterocycles. The van der Waals surface area contributed by atoms with Crippen LogP contribution < -0.4 is 10.0 Å². The van der Waals surface area contributed by atoms with Gasteiger partial charge in [0.15, 0.2) is 0 Å². The molecule has 24 heavy (non-hydrogen) atoms. The van der Waals surface area contributed by atoms with Crippen molar-refractivity contribution in [3.05, 3.63) is 52.7 Å². The van der Waals surface area contributed by atoms with Gasteiger partial charge in [-0.25, -0.2) is 18.1 Å². The van der Waals surface area contributed by atoms with Crippen LogP contribution in [0, 0.1) is 6.92 Å². The maximum absolute atomic E-state index is 12.4. The van der Waals surface area contributed by atoms with Crippen molar-refractivity contribution in [1.29, 1.82) is 0 Å². The first-order chi connectivity index (χ1) is 11.2. The fraction of sp³-hybridized carbons (Fsp3) is 0.250. The molecular weight excluding hydrogens is 350 g/mol. The molecule has 0 radical (unpaired) electrons. The van der Waals surface area contributed by atoms with Gasteiger partial charge in [0, 0.05) is 11.7 Å². The van der Waals surface area contributed by atoms with Gasteiger partial charge in [-0.3, -0.25) is 4.79 Å². The van der Waals surface area contributed by atoms with E-state index in [0.29, 0.717) is 5.82 Å². The number of hydrogen-bond donors (Lipinski definition) is 2. The highest BCUT2D eigenvalue weighted by Gasteiger charge is 2.19. The van der Waals surface area contributed by atoms with Crippen molar-refractivity contribution in [2.24, 2.45) is 0 Å². The summed E-state index contributed by atoms with van der Waals surface area (Å²) in [7, 11) is -3.72. The van der Waals surface area contributed by atoms with E-state index in [2.05, 4.69) is 15.0 Å². The third kappa shape index (κ3) is 4.53. The number of aromatic nitrogens is 1. The average Bonchev–Trinajstić information content (AvgIpc) is 2.46. The molecule has 2 rings (SSSR count). The van der Waals surface area contributed by atoms with Crippen molar-refractivity contribution in [3.63, 3.8) is 0 Å². The zero-order chi connectivity index (χ0) is 17.9. The first kappa shape index (κ1) is 18.4. The molecule has 0 spiro atoms. The summed E-state index contributed by atoms with van der Waals surface area (Å²) in [5, 5.41) is 2.77. The molecule has 1 amide bonds. The Bertz CT molecular complexity index is 867. The van der Waals surface area contributed by atoms with Gasteiger partial charge in [0.05, 0.1) is 15.5 Å². The standard InChI is InChI=1S/C16H18ClN3O3S/c1-10(2)20-24(22,23)12-7-8-14(17)13(9-12)16(21)19-15-6-4-5-11(3)18-15/h4-10,20H,1-3H3,(H,18,19,21). The van der Waals surface area contributed by atoms with Crippen LogP contribution >= 0.6 is 11.6 Å². The predicted molar refractivity (Wildman–Crippen MR) is 93.8 cm³/mol. The molecule has 2 aromatic rings. The van der Waals surface area contributed by atoms with E-state index >= 15 is 0 Å². The Labute approximate surface area is 146 Å². The van der Waals surface area contributed by atoms with Crippen LogP contribution in [0.25, 0.3) is 0 Å². The van der Waals surface area contributed by atoms with Crippen molar-refractivity contribution in [2.45, 2.75) is 31.7 Å². The number of carbonyl (C=O) groups is 1. The average molecular weight is 368 g/mol. The number of aryl methyl sites for hydroxylation is 1. The van der Waals surface area contributed by atoms with E-state index in [0.717, 1.165) is 5.69 Å². The normalized spacial score (nSPS) is 11.5. The third-order valence-electron chi connectivity index (χ3n) is 3.01. The maximum atomic E-state index is 12.4. The number of rotatable bonds is 5. The topological polar surface area (TPSA) is 88.2 Å². The van der Waals surface area contributed by atoms with E-state index in [-0.39, 0.29) is 21.5 Å². The fourth-order valence-electron chi connectivity index (χ4n) is 2.02. The van der Waals surface area contributed by atoms with E-state index < -0.39 is 15.9 Å². The highest BCUT2D eigenvalue weighted by atomic mass is 35.5. The van der Waals surface area contributed by atoms with E-state index in [9.17, 15) is 13.2 Å². The molecule has 0 unspecified atom stereocenters. The number of pyridine rings is 1. The van der Waals surface area contributed by atoms with E-state index in [1.807, 2.05) is 0 Å². The lowest BCUT2D eigenvalue weighted by atomic mass is 10.2. The molecule has 0 aliphatic rings. The van der Waals surface area contributed by atoms with Crippen LogP contribution in [-0.2, 0) is 10.0 Å². The number of carbonyl (C=O) groups excluding carboxylic acids is 1. The zero-order valence-electron chi connectivity index (χ0n) is 13.5. The van der Waals surface area contributed by atoms with Crippen LogP contribution in [0.15, 0.2) is 41.3 Å². The number of benzene rings is 1. The molecule has 0 bridgehead atoms. The van der Waals surface area contributed by atoms with Crippen LogP contribution in [0.4, 0.5) is 5.82 Å². The van der Waals surface area contributed by atoms with Gasteiger partial charge in [-0.1, -0.05) is 17.7 Å². The van der Waals surface area contributed by atoms with Crippen LogP contribution in [0.5, 0.6) is 0 Å². The second kappa shape index (κ2) is 7.29. The molecule has 0 saturated heterocycles. The van der Waals surface area contributed by atoms with E-state index in [1.165, 1.54) is 18.2 Å². The van der Waals surface area contributed by atoms with Crippen LogP contribution in [-0.4, -0.2) is 25.4 Å². The van der Waals surface area contributed by atoms with Gasteiger partial charge < -0.3 is 5.32 Å². The van der Waals surface area contributed by atoms with E-state index in [1.54, 1.807) is 39.0 Å². The molecule has 128 valence electrons. The van der Waals surface area contributed by atoms with Crippen molar-refractivity contribution in [2.75, 3.05) is 5.32 Å². The second-order valence-electron chi connectivity index (χ2n) is 5.54. The lowest BCUT2D eigenvalue weighted by molar-refractivity contribution is 0.102. The second-order valence-corrected chi connectivity index (χ2v) is 7.66. The first-order valence-electron chi connectivity index (χ1n) is 7.26. The van der Waals surface area contributed by atoms with Gasteiger partial charge in [0.1, 0.15) is 5.82 Å². The summed E-state index contributed by atoms with van der Waals surface area (Å²) in [4.78, 5) is 16.5. The lowest BCUT2D eigenvalue weighted by Crippen LogP contribution is -2.30. The summed E-state index contributed by atoms with van der Waals surface area (Å²) in [6, 6.07) is 8.92. The smallest absolute Gasteiger partial charge is 0.258 e. The highest BCUT2D eigenvalue weighted by molar-refractivity contribution is 7.89. The lowest BCUT2D eigenvalue weighted by Gasteiger charge is -2.12. The summed E-state index contributed by atoms with van der Waals surface area (Å²) < 4.78 is 26.9. The molecule has 0 aliphatic carbocycles. The molecule has 1 aromatic carbocycles. The summed E-state index contributed by atoms with van der Waals surface area (Å²) in [5.74, 6) is -0.163. The SMILES string of the molecule is Cc1cccc(NC(=O)c2cc(S(=O)(=O)NC(C)C)ccc2Cl)n1. The van der Waals surface area contributed by atoms with Gasteiger partial charge in [0.2, 0.25) is 10.0 Å². The van der Waals surface area contributed by atoms with Crippen molar-refractivity contribution in [1.82, 2.24) is 9.71 Å². The molecule has 6 nitrogen and oxygen atoms in total. The van der Waals surface area contributed by atoms with Crippen molar-refractivity contribution < 1.29 is 13.2 Å². The number of nitrogens with one attached hydrogen (secondary N) is 2. The number of halogens is 1. The summed E-state index contributed by atoms with van der Waals surface area (Å²) in [6.45, 7) is 5.22. The molecule has 8 heteroatoms. The van der Waals surface area contributed by atoms with Crippen LogP contribution in [0.2, 0.25) is 5.02 Å². The minimum absolute atomic E-state index is 0.0250. The Morgan fingerprint density at radius 3 is 2.54 bits per heavy atom. The number of hydrogen-bond acceptors (Lipinski definition) is 4. The molecule has 0 fully saturated rings. The number of sulfonamides is 1. The molecule has 1 aromatic heterocycles. The minimum Gasteiger partial charge on any atom is -0.307 e. The quantitative estimate of drug-likeness (QED) is 0.850. The predicted octanol–water partition coefficient (Wildman–Crippen LogP) is 2.98. The largest absolute Gasteiger partial charge is 0.307 e. The molecule has 1 heterocycles. The Balaban J connectivity index is 2.33. The Kier molecular flexibility index (Phi) is 5.58. The highest BCUT2D eigenvalue weighted by Crippen LogP contribution is 2.22. The van der Waals surface area contributed by atoms with Crippen LogP contribution in [0.1, 0.15) is 29.9 Å². The van der Waals surface area contributed by atoms with Crippen molar-refractivity contribution in [3.8, 4) is 0 Å². The Hall–Kier alpha value is -1.96. The van der Waals surface area contributed by atoms with Gasteiger partial charge in [-0.15, -0.1) is 0 Å². The molecule has 2 N–H and O–H groups in total. The molecule has 0 saturated carbocycles. The maximum Gasteiger partial charge on any atom is 0.258 e. The monoisotopic (exact) mass is 367 g/mol. The fourth-order valence-corrected chi connectivity index (χ4v) is 3.50. The summed E-state index contributed by atoms with van der Waals surface area (Å²) in [5.41, 5.74) is 0.808. The first-order valence-corrected chi connectivity index (χ1v) is 9.12. The van der Waals surface area contributed by atoms with Gasteiger partial charge in [-0.05, 0) is 51.1 Å². The summed E-state index contributed by atoms with van der Waals surface area (Å²) in [6.07, 6.45) is 0. The number of anilines is 1. The Morgan fingerprint density at radius 1 is 1.21 bits per heavy atom. The zero-order valence-corrected chi connectivity index (χ0v) is 15.1. The van der Waals surface area contributed by atoms with Crippen LogP contribution in [0.3, 0.4) is 0 Å². The van der Waals surface area contributed by atoms with Gasteiger partial charge >= 0.3 is 0 Å². The van der Waals surface area contributed by atoms with Gasteiger partial charge in [0.25, 0.3) is 5.91 Å². The van der Waals surface area contributed by atoms with Crippen molar-refractivity contribution >= 4 is 33.3 Å². The summed E-state index contributed by atoms with van der Waals surface area (Å²) >= 11 is 6.05. The Morgan fingerprint density at radius 2 is 1.92 bits per heavy atom. The number of nitrogens with zero attached hydrogens (tertiary/aromatic N) is 1. The minimum atomic E-state index is -3.72.